The number of aliphatic carboxylic acids is 1. The summed E-state index contributed by atoms with van der Waals surface area (Å²) in [7, 11) is 0. The largest absolute Gasteiger partial charge is 0.478 e. The predicted molar refractivity (Wildman–Crippen MR) is 44.0 cm³/mol. The second kappa shape index (κ2) is 4.90. The van der Waals surface area contributed by atoms with Gasteiger partial charge in [0.2, 0.25) is 0 Å². The van der Waals surface area contributed by atoms with E-state index in [1.165, 1.54) is 6.08 Å². The summed E-state index contributed by atoms with van der Waals surface area (Å²) in [6, 6.07) is 0. The molecule has 0 amide bonds. The van der Waals surface area contributed by atoms with E-state index in [4.69, 9.17) is 9.84 Å². The first-order valence-electron chi connectivity index (χ1n) is 3.98. The van der Waals surface area contributed by atoms with Crippen molar-refractivity contribution in [3.05, 3.63) is 12.2 Å². The number of hydrogen-bond acceptors (Lipinski definition) is 3. The summed E-state index contributed by atoms with van der Waals surface area (Å²) in [6.07, 6.45) is 2.84. The highest BCUT2D eigenvalue weighted by atomic mass is 16.5. The fourth-order valence-corrected chi connectivity index (χ4v) is 1.09. The van der Waals surface area contributed by atoms with E-state index in [-0.39, 0.29) is 0 Å². The molecule has 68 valence electrons. The molecule has 1 aliphatic rings. The molecule has 0 bridgehead atoms. The Bertz CT molecular complexity index is 173. The first-order chi connectivity index (χ1) is 5.79. The highest BCUT2D eigenvalue weighted by molar-refractivity contribution is 5.79. The van der Waals surface area contributed by atoms with Gasteiger partial charge in [0.05, 0.1) is 13.2 Å². The molecule has 0 spiro atoms. The molecule has 0 aromatic heterocycles. The Balaban J connectivity index is 2.17. The average Bonchev–Trinajstić information content (AvgIpc) is 2.05. The topological polar surface area (TPSA) is 49.8 Å². The average molecular weight is 171 g/mol. The minimum absolute atomic E-state index is 0.704. The van der Waals surface area contributed by atoms with Gasteiger partial charge < -0.3 is 9.84 Å². The Morgan fingerprint density at radius 1 is 1.50 bits per heavy atom. The third kappa shape index (κ3) is 3.50. The maximum atomic E-state index is 10.1. The van der Waals surface area contributed by atoms with Crippen LogP contribution in [0.5, 0.6) is 0 Å². The van der Waals surface area contributed by atoms with Crippen LogP contribution in [-0.2, 0) is 9.53 Å². The van der Waals surface area contributed by atoms with Gasteiger partial charge in [-0.3, -0.25) is 4.90 Å². The van der Waals surface area contributed by atoms with Crippen LogP contribution >= 0.6 is 0 Å². The SMILES string of the molecule is O=C(O)/C=C\CN1CCOCC1. The van der Waals surface area contributed by atoms with Crippen molar-refractivity contribution in [3.63, 3.8) is 0 Å². The van der Waals surface area contributed by atoms with Gasteiger partial charge in [0.25, 0.3) is 0 Å². The minimum atomic E-state index is -0.886. The molecule has 1 fully saturated rings. The molecule has 4 heteroatoms. The van der Waals surface area contributed by atoms with E-state index in [2.05, 4.69) is 4.90 Å². The van der Waals surface area contributed by atoms with Crippen molar-refractivity contribution in [2.45, 2.75) is 0 Å². The fraction of sp³-hybridized carbons (Fsp3) is 0.625. The lowest BCUT2D eigenvalue weighted by molar-refractivity contribution is -0.131. The fourth-order valence-electron chi connectivity index (χ4n) is 1.09. The normalized spacial score (nSPS) is 20.0. The van der Waals surface area contributed by atoms with Gasteiger partial charge in [0, 0.05) is 25.7 Å². The van der Waals surface area contributed by atoms with Crippen LogP contribution in [0, 0.1) is 0 Å². The van der Waals surface area contributed by atoms with Gasteiger partial charge in [0.15, 0.2) is 0 Å². The van der Waals surface area contributed by atoms with Gasteiger partial charge in [-0.25, -0.2) is 4.79 Å². The van der Waals surface area contributed by atoms with E-state index in [0.717, 1.165) is 26.3 Å². The number of morpholine rings is 1. The summed E-state index contributed by atoms with van der Waals surface area (Å²) in [5.41, 5.74) is 0. The molecule has 0 aromatic carbocycles. The summed E-state index contributed by atoms with van der Waals surface area (Å²) < 4.78 is 5.15. The van der Waals surface area contributed by atoms with E-state index in [1.807, 2.05) is 0 Å². The number of hydrogen-bond donors (Lipinski definition) is 1. The lowest BCUT2D eigenvalue weighted by Crippen LogP contribution is -2.36. The van der Waals surface area contributed by atoms with Crippen LogP contribution in [-0.4, -0.2) is 48.8 Å². The van der Waals surface area contributed by atoms with E-state index in [9.17, 15) is 4.79 Å². The molecule has 0 aromatic rings. The molecule has 12 heavy (non-hydrogen) atoms. The van der Waals surface area contributed by atoms with Gasteiger partial charge in [0.1, 0.15) is 0 Å². The maximum Gasteiger partial charge on any atom is 0.328 e. The van der Waals surface area contributed by atoms with Gasteiger partial charge in [-0.15, -0.1) is 0 Å². The van der Waals surface area contributed by atoms with E-state index in [1.54, 1.807) is 6.08 Å². The molecule has 4 nitrogen and oxygen atoms in total. The molecule has 1 heterocycles. The summed E-state index contributed by atoms with van der Waals surface area (Å²) in [5.74, 6) is -0.886. The molecule has 1 saturated heterocycles. The Kier molecular flexibility index (Phi) is 3.76. The Labute approximate surface area is 71.4 Å². The van der Waals surface area contributed by atoms with E-state index < -0.39 is 5.97 Å². The summed E-state index contributed by atoms with van der Waals surface area (Å²) in [4.78, 5) is 12.3. The monoisotopic (exact) mass is 171 g/mol. The van der Waals surface area contributed by atoms with Crippen LogP contribution in [0.3, 0.4) is 0 Å². The summed E-state index contributed by atoms with van der Waals surface area (Å²) >= 11 is 0. The Morgan fingerprint density at radius 3 is 2.75 bits per heavy atom. The first kappa shape index (κ1) is 9.22. The number of carboxylic acid groups (broad SMARTS) is 1. The lowest BCUT2D eigenvalue weighted by atomic mass is 10.4. The summed E-state index contributed by atoms with van der Waals surface area (Å²) in [6.45, 7) is 3.99. The molecular formula is C8H13NO3. The number of nitrogens with zero attached hydrogens (tertiary/aromatic N) is 1. The molecule has 0 unspecified atom stereocenters. The second-order valence-corrected chi connectivity index (χ2v) is 2.65. The van der Waals surface area contributed by atoms with Gasteiger partial charge in [-0.05, 0) is 0 Å². The van der Waals surface area contributed by atoms with Gasteiger partial charge in [-0.1, -0.05) is 6.08 Å². The zero-order valence-corrected chi connectivity index (χ0v) is 6.90. The van der Waals surface area contributed by atoms with Crippen LogP contribution in [0.4, 0.5) is 0 Å². The highest BCUT2D eigenvalue weighted by Crippen LogP contribution is 1.95. The van der Waals surface area contributed by atoms with E-state index in [0.29, 0.717) is 6.54 Å². The Hall–Kier alpha value is -0.870. The minimum Gasteiger partial charge on any atom is -0.478 e. The van der Waals surface area contributed by atoms with Crippen LogP contribution < -0.4 is 0 Å². The third-order valence-electron chi connectivity index (χ3n) is 1.73. The van der Waals surface area contributed by atoms with Crippen molar-refractivity contribution in [3.8, 4) is 0 Å². The zero-order valence-electron chi connectivity index (χ0n) is 6.90. The molecule has 0 saturated carbocycles. The molecule has 0 atom stereocenters. The van der Waals surface area contributed by atoms with E-state index >= 15 is 0 Å². The molecule has 1 rings (SSSR count). The molecule has 0 radical (unpaired) electrons. The summed E-state index contributed by atoms with van der Waals surface area (Å²) in [5, 5.41) is 8.31. The lowest BCUT2D eigenvalue weighted by Gasteiger charge is -2.24. The number of ether oxygens (including phenoxy) is 1. The highest BCUT2D eigenvalue weighted by Gasteiger charge is 2.07. The van der Waals surface area contributed by atoms with Gasteiger partial charge >= 0.3 is 5.97 Å². The van der Waals surface area contributed by atoms with Crippen molar-refractivity contribution in [1.82, 2.24) is 4.90 Å². The molecule has 1 N–H and O–H groups in total. The smallest absolute Gasteiger partial charge is 0.328 e. The predicted octanol–water partition coefficient (Wildman–Crippen LogP) is -0.0406. The van der Waals surface area contributed by atoms with Crippen molar-refractivity contribution >= 4 is 5.97 Å². The molecule has 1 aliphatic heterocycles. The maximum absolute atomic E-state index is 10.1. The number of carbonyl (C=O) groups is 1. The molecular weight excluding hydrogens is 158 g/mol. The Morgan fingerprint density at radius 2 is 2.17 bits per heavy atom. The van der Waals surface area contributed by atoms with Crippen molar-refractivity contribution in [1.29, 1.82) is 0 Å². The van der Waals surface area contributed by atoms with Crippen LogP contribution in [0.15, 0.2) is 12.2 Å². The second-order valence-electron chi connectivity index (χ2n) is 2.65. The molecule has 0 aliphatic carbocycles. The number of rotatable bonds is 3. The van der Waals surface area contributed by atoms with Gasteiger partial charge in [-0.2, -0.15) is 0 Å². The third-order valence-corrected chi connectivity index (χ3v) is 1.73. The van der Waals surface area contributed by atoms with Crippen molar-refractivity contribution in [2.75, 3.05) is 32.8 Å². The quantitative estimate of drug-likeness (QED) is 0.605. The standard InChI is InChI=1S/C8H13NO3/c10-8(11)2-1-3-9-4-6-12-7-5-9/h1-2H,3-7H2,(H,10,11)/b2-1-. The number of carboxylic acids is 1. The van der Waals surface area contributed by atoms with Crippen LogP contribution in [0.2, 0.25) is 0 Å². The van der Waals surface area contributed by atoms with Crippen LogP contribution in [0.25, 0.3) is 0 Å². The van der Waals surface area contributed by atoms with Crippen molar-refractivity contribution < 1.29 is 14.6 Å². The first-order valence-corrected chi connectivity index (χ1v) is 3.98. The zero-order chi connectivity index (χ0) is 8.81. The van der Waals surface area contributed by atoms with Crippen LogP contribution in [0.1, 0.15) is 0 Å². The van der Waals surface area contributed by atoms with Crippen molar-refractivity contribution in [2.24, 2.45) is 0 Å².